The minimum atomic E-state index is -3.45. The maximum absolute atomic E-state index is 12.4. The van der Waals surface area contributed by atoms with Crippen LogP contribution in [0.5, 0.6) is 0 Å². The van der Waals surface area contributed by atoms with Crippen LogP contribution in [0.3, 0.4) is 0 Å². The van der Waals surface area contributed by atoms with E-state index >= 15 is 0 Å². The highest BCUT2D eigenvalue weighted by molar-refractivity contribution is 7.91. The van der Waals surface area contributed by atoms with Crippen molar-refractivity contribution in [2.24, 2.45) is 5.92 Å². The quantitative estimate of drug-likeness (QED) is 0.580. The Bertz CT molecular complexity index is 686. The molecule has 28 heavy (non-hydrogen) atoms. The van der Waals surface area contributed by atoms with E-state index in [1.807, 2.05) is 0 Å². The molecule has 1 aliphatic heterocycles. The highest BCUT2D eigenvalue weighted by Gasteiger charge is 2.23. The number of amides is 1. The third-order valence-corrected chi connectivity index (χ3v) is 8.11. The summed E-state index contributed by atoms with van der Waals surface area (Å²) in [5, 5.41) is 4.78. The first-order valence-electron chi connectivity index (χ1n) is 9.89. The van der Waals surface area contributed by atoms with E-state index in [9.17, 15) is 13.2 Å². The van der Waals surface area contributed by atoms with E-state index in [0.29, 0.717) is 42.1 Å². The maximum Gasteiger partial charge on any atom is 0.252 e. The molecule has 7 nitrogen and oxygen atoms in total. The minimum Gasteiger partial charge on any atom is -0.379 e. The highest BCUT2D eigenvalue weighted by Crippen LogP contribution is 2.20. The first kappa shape index (κ1) is 23.3. The first-order valence-corrected chi connectivity index (χ1v) is 12.2. The van der Waals surface area contributed by atoms with Crippen molar-refractivity contribution >= 4 is 27.3 Å². The average Bonchev–Trinajstić information content (AvgIpc) is 3.21. The summed E-state index contributed by atoms with van der Waals surface area (Å²) in [4.78, 5) is 14.6. The minimum absolute atomic E-state index is 0.0241. The molecule has 0 aliphatic carbocycles. The van der Waals surface area contributed by atoms with Gasteiger partial charge in [-0.1, -0.05) is 19.9 Å². The largest absolute Gasteiger partial charge is 0.379 e. The number of morpholine rings is 1. The predicted molar refractivity (Wildman–Crippen MR) is 112 cm³/mol. The predicted octanol–water partition coefficient (Wildman–Crippen LogP) is 2.01. The fourth-order valence-electron chi connectivity index (χ4n) is 3.31. The SMILES string of the molecule is CC(C)CC(CNC(=O)CCCN(C)S(=O)(=O)c1cccs1)N1CCOCC1. The van der Waals surface area contributed by atoms with E-state index in [-0.39, 0.29) is 5.91 Å². The molecule has 1 aliphatic rings. The molecule has 9 heteroatoms. The molecule has 1 saturated heterocycles. The van der Waals surface area contributed by atoms with Gasteiger partial charge in [0, 0.05) is 45.7 Å². The second kappa shape index (κ2) is 11.3. The number of hydrogen-bond acceptors (Lipinski definition) is 6. The number of carbonyl (C=O) groups is 1. The molecule has 0 aromatic carbocycles. The normalized spacial score (nSPS) is 17.2. The van der Waals surface area contributed by atoms with E-state index in [1.165, 1.54) is 15.6 Å². The zero-order chi connectivity index (χ0) is 20.6. The summed E-state index contributed by atoms with van der Waals surface area (Å²) in [5.74, 6) is 0.532. The van der Waals surface area contributed by atoms with E-state index in [0.717, 1.165) is 32.7 Å². The lowest BCUT2D eigenvalue weighted by molar-refractivity contribution is -0.121. The Balaban J connectivity index is 1.74. The molecule has 0 saturated carbocycles. The summed E-state index contributed by atoms with van der Waals surface area (Å²) in [6.07, 6.45) is 1.85. The van der Waals surface area contributed by atoms with Crippen LogP contribution in [0.4, 0.5) is 0 Å². The van der Waals surface area contributed by atoms with Crippen LogP contribution < -0.4 is 5.32 Å². The third kappa shape index (κ3) is 7.11. The molecule has 1 unspecified atom stereocenters. The summed E-state index contributed by atoms with van der Waals surface area (Å²) >= 11 is 1.21. The van der Waals surface area contributed by atoms with Gasteiger partial charge in [0.15, 0.2) is 0 Å². The van der Waals surface area contributed by atoms with Gasteiger partial charge in [-0.3, -0.25) is 9.69 Å². The smallest absolute Gasteiger partial charge is 0.252 e. The van der Waals surface area contributed by atoms with Gasteiger partial charge in [0.05, 0.1) is 13.2 Å². The lowest BCUT2D eigenvalue weighted by Crippen LogP contribution is -2.49. The average molecular weight is 432 g/mol. The second-order valence-corrected chi connectivity index (χ2v) is 10.8. The fraction of sp³-hybridized carbons (Fsp3) is 0.737. The maximum atomic E-state index is 12.4. The molecule has 1 amide bonds. The Hall–Kier alpha value is -1.00. The Kier molecular flexibility index (Phi) is 9.36. The highest BCUT2D eigenvalue weighted by atomic mass is 32.2. The summed E-state index contributed by atoms with van der Waals surface area (Å²) in [7, 11) is -1.89. The molecule has 0 radical (unpaired) electrons. The number of ether oxygens (including phenoxy) is 1. The van der Waals surface area contributed by atoms with Crippen LogP contribution in [0.2, 0.25) is 0 Å². The topological polar surface area (TPSA) is 79.0 Å². The monoisotopic (exact) mass is 431 g/mol. The number of hydrogen-bond donors (Lipinski definition) is 1. The third-order valence-electron chi connectivity index (χ3n) is 4.88. The van der Waals surface area contributed by atoms with E-state index < -0.39 is 10.0 Å². The summed E-state index contributed by atoms with van der Waals surface area (Å²) in [6.45, 7) is 8.63. The molecule has 1 atom stereocenters. The molecular formula is C19H33N3O4S2. The van der Waals surface area contributed by atoms with Gasteiger partial charge >= 0.3 is 0 Å². The second-order valence-electron chi connectivity index (χ2n) is 7.60. The molecule has 0 bridgehead atoms. The van der Waals surface area contributed by atoms with Crippen molar-refractivity contribution in [1.82, 2.24) is 14.5 Å². The van der Waals surface area contributed by atoms with Crippen molar-refractivity contribution in [2.75, 3.05) is 46.4 Å². The summed E-state index contributed by atoms with van der Waals surface area (Å²) < 4.78 is 31.8. The lowest BCUT2D eigenvalue weighted by atomic mass is 10.0. The van der Waals surface area contributed by atoms with Crippen LogP contribution >= 0.6 is 11.3 Å². The number of rotatable bonds is 11. The van der Waals surface area contributed by atoms with Crippen LogP contribution in [-0.4, -0.2) is 76.0 Å². The molecular weight excluding hydrogens is 398 g/mol. The number of sulfonamides is 1. The number of nitrogens with zero attached hydrogens (tertiary/aromatic N) is 2. The van der Waals surface area contributed by atoms with Crippen LogP contribution in [-0.2, 0) is 19.6 Å². The van der Waals surface area contributed by atoms with Gasteiger partial charge < -0.3 is 10.1 Å². The van der Waals surface area contributed by atoms with Crippen molar-refractivity contribution in [3.05, 3.63) is 17.5 Å². The summed E-state index contributed by atoms with van der Waals surface area (Å²) in [5.41, 5.74) is 0. The van der Waals surface area contributed by atoms with Gasteiger partial charge in [-0.05, 0) is 30.2 Å². The van der Waals surface area contributed by atoms with E-state index in [2.05, 4.69) is 24.1 Å². The number of carbonyl (C=O) groups excluding carboxylic acids is 1. The van der Waals surface area contributed by atoms with Crippen LogP contribution in [0.1, 0.15) is 33.1 Å². The Morgan fingerprint density at radius 2 is 2.07 bits per heavy atom. The van der Waals surface area contributed by atoms with Gasteiger partial charge in [0.2, 0.25) is 5.91 Å². The number of nitrogens with one attached hydrogen (secondary N) is 1. The van der Waals surface area contributed by atoms with Crippen molar-refractivity contribution in [3.8, 4) is 0 Å². The fourth-order valence-corrected chi connectivity index (χ4v) is 5.72. The standard InChI is InChI=1S/C19H33N3O4S2/c1-16(2)14-17(22-9-11-26-12-10-22)15-20-18(23)6-4-8-21(3)28(24,25)19-7-5-13-27-19/h5,7,13,16-17H,4,6,8-12,14-15H2,1-3H3,(H,20,23). The van der Waals surface area contributed by atoms with Crippen LogP contribution in [0, 0.1) is 5.92 Å². The molecule has 1 aromatic heterocycles. The van der Waals surface area contributed by atoms with E-state index in [4.69, 9.17) is 4.74 Å². The zero-order valence-electron chi connectivity index (χ0n) is 17.1. The molecule has 0 spiro atoms. The van der Waals surface area contributed by atoms with Gasteiger partial charge in [-0.2, -0.15) is 0 Å². The van der Waals surface area contributed by atoms with Gasteiger partial charge in [-0.15, -0.1) is 11.3 Å². The van der Waals surface area contributed by atoms with Gasteiger partial charge in [0.1, 0.15) is 4.21 Å². The van der Waals surface area contributed by atoms with E-state index in [1.54, 1.807) is 24.6 Å². The molecule has 2 rings (SSSR count). The van der Waals surface area contributed by atoms with Crippen molar-refractivity contribution < 1.29 is 17.9 Å². The molecule has 1 N–H and O–H groups in total. The van der Waals surface area contributed by atoms with Crippen molar-refractivity contribution in [1.29, 1.82) is 0 Å². The zero-order valence-corrected chi connectivity index (χ0v) is 18.7. The summed E-state index contributed by atoms with van der Waals surface area (Å²) in [6, 6.07) is 3.64. The number of thiophene rings is 1. The van der Waals surface area contributed by atoms with Crippen LogP contribution in [0.15, 0.2) is 21.7 Å². The van der Waals surface area contributed by atoms with Gasteiger partial charge in [-0.25, -0.2) is 12.7 Å². The Labute approximate surface area is 173 Å². The van der Waals surface area contributed by atoms with Crippen LogP contribution in [0.25, 0.3) is 0 Å². The Morgan fingerprint density at radius 3 is 2.68 bits per heavy atom. The molecule has 1 aromatic rings. The van der Waals surface area contributed by atoms with Gasteiger partial charge in [0.25, 0.3) is 10.0 Å². The Morgan fingerprint density at radius 1 is 1.36 bits per heavy atom. The molecule has 160 valence electrons. The van der Waals surface area contributed by atoms with Crippen molar-refractivity contribution in [3.63, 3.8) is 0 Å². The molecule has 2 heterocycles. The first-order chi connectivity index (χ1) is 13.3. The lowest BCUT2D eigenvalue weighted by Gasteiger charge is -2.35. The molecule has 1 fully saturated rings. The van der Waals surface area contributed by atoms with Crippen molar-refractivity contribution in [2.45, 2.75) is 43.4 Å².